The highest BCUT2D eigenvalue weighted by molar-refractivity contribution is 6.30. The fraction of sp³-hybridized carbons (Fsp3) is 0.429. The van der Waals surface area contributed by atoms with Gasteiger partial charge in [0.15, 0.2) is 0 Å². The molecule has 0 aliphatic heterocycles. The number of benzene rings is 1. The number of hydrogen-bond acceptors (Lipinski definition) is 2. The van der Waals surface area contributed by atoms with Gasteiger partial charge in [-0.3, -0.25) is 9.59 Å². The molecule has 144 valence electrons. The lowest BCUT2D eigenvalue weighted by Crippen LogP contribution is -2.45. The molecule has 27 heavy (non-hydrogen) atoms. The first-order chi connectivity index (χ1) is 13.0. The molecule has 5 nitrogen and oxygen atoms in total. The lowest BCUT2D eigenvalue weighted by Gasteiger charge is -2.28. The van der Waals surface area contributed by atoms with Crippen molar-refractivity contribution in [3.05, 3.63) is 59.9 Å². The number of aromatic nitrogens is 1. The molecule has 0 radical (unpaired) electrons. The summed E-state index contributed by atoms with van der Waals surface area (Å²) in [5.41, 5.74) is 2.12. The molecule has 0 saturated heterocycles. The van der Waals surface area contributed by atoms with Crippen molar-refractivity contribution in [2.24, 2.45) is 7.05 Å². The van der Waals surface area contributed by atoms with Crippen LogP contribution < -0.4 is 0 Å². The van der Waals surface area contributed by atoms with Crippen molar-refractivity contribution in [3.63, 3.8) is 0 Å². The van der Waals surface area contributed by atoms with Crippen LogP contribution in [0.5, 0.6) is 0 Å². The number of aryl methyl sites for hydroxylation is 1. The van der Waals surface area contributed by atoms with Crippen molar-refractivity contribution in [1.82, 2.24) is 14.4 Å². The van der Waals surface area contributed by atoms with Crippen molar-refractivity contribution in [2.75, 3.05) is 6.54 Å². The molecule has 1 heterocycles. The Hall–Kier alpha value is -2.27. The average Bonchev–Trinajstić information content (AvgIpc) is 3.42. The molecule has 1 atom stereocenters. The minimum Gasteiger partial charge on any atom is -0.353 e. The van der Waals surface area contributed by atoms with Crippen molar-refractivity contribution in [1.29, 1.82) is 0 Å². The van der Waals surface area contributed by atoms with Gasteiger partial charge >= 0.3 is 0 Å². The van der Waals surface area contributed by atoms with Crippen LogP contribution in [0.3, 0.4) is 0 Å². The summed E-state index contributed by atoms with van der Waals surface area (Å²) in [6.45, 7) is 2.75. The van der Waals surface area contributed by atoms with Gasteiger partial charge < -0.3 is 14.4 Å². The van der Waals surface area contributed by atoms with Gasteiger partial charge in [-0.15, -0.1) is 11.6 Å². The van der Waals surface area contributed by atoms with E-state index in [1.807, 2.05) is 65.2 Å². The molecular weight excluding hydrogens is 362 g/mol. The molecule has 1 aromatic heterocycles. The summed E-state index contributed by atoms with van der Waals surface area (Å²) in [6, 6.07) is 14.0. The van der Waals surface area contributed by atoms with Gasteiger partial charge in [0.1, 0.15) is 11.9 Å². The molecule has 2 amide bonds. The zero-order valence-corrected chi connectivity index (χ0v) is 16.6. The average molecular weight is 388 g/mol. The summed E-state index contributed by atoms with van der Waals surface area (Å²) in [6.07, 6.45) is 3.86. The van der Waals surface area contributed by atoms with Crippen LogP contribution in [-0.4, -0.2) is 44.1 Å². The summed E-state index contributed by atoms with van der Waals surface area (Å²) >= 11 is 6.00. The number of halogens is 1. The third-order valence-electron chi connectivity index (χ3n) is 4.89. The summed E-state index contributed by atoms with van der Waals surface area (Å²) < 4.78 is 2.01. The molecule has 1 aliphatic rings. The van der Waals surface area contributed by atoms with E-state index in [0.717, 1.165) is 24.1 Å². The van der Waals surface area contributed by atoms with Gasteiger partial charge in [0, 0.05) is 31.5 Å². The molecule has 1 saturated carbocycles. The maximum absolute atomic E-state index is 13.1. The number of amides is 2. The summed E-state index contributed by atoms with van der Waals surface area (Å²) in [4.78, 5) is 29.0. The monoisotopic (exact) mass is 387 g/mol. The number of hydrogen-bond donors (Lipinski definition) is 0. The standard InChI is InChI=1S/C21H26ClN3O2/c1-16(22)21(27)25(18-10-11-18)15-20(26)24(13-17-7-4-3-5-8-17)14-19-9-6-12-23(19)2/h3-9,12,16,18H,10-11,13-15H2,1-2H3/t16-/m1/s1. The lowest BCUT2D eigenvalue weighted by molar-refractivity contribution is -0.141. The van der Waals surface area contributed by atoms with Crippen LogP contribution in [0.25, 0.3) is 0 Å². The number of carbonyl (C=O) groups excluding carboxylic acids is 2. The van der Waals surface area contributed by atoms with E-state index in [-0.39, 0.29) is 24.4 Å². The number of rotatable bonds is 8. The SMILES string of the molecule is C[C@@H](Cl)C(=O)N(CC(=O)N(Cc1ccccc1)Cc1cccn1C)C1CC1. The maximum Gasteiger partial charge on any atom is 0.242 e. The first kappa shape index (κ1) is 19.5. The van der Waals surface area contributed by atoms with E-state index in [1.54, 1.807) is 11.8 Å². The van der Waals surface area contributed by atoms with Gasteiger partial charge in [-0.1, -0.05) is 30.3 Å². The maximum atomic E-state index is 13.1. The van der Waals surface area contributed by atoms with Gasteiger partial charge in [-0.25, -0.2) is 0 Å². The van der Waals surface area contributed by atoms with E-state index >= 15 is 0 Å². The highest BCUT2D eigenvalue weighted by Gasteiger charge is 2.36. The smallest absolute Gasteiger partial charge is 0.242 e. The minimum atomic E-state index is -0.617. The predicted octanol–water partition coefficient (Wildman–Crippen LogP) is 3.17. The number of alkyl halides is 1. The number of nitrogens with zero attached hydrogens (tertiary/aromatic N) is 3. The quantitative estimate of drug-likeness (QED) is 0.653. The largest absolute Gasteiger partial charge is 0.353 e. The van der Waals surface area contributed by atoms with Gasteiger partial charge in [0.2, 0.25) is 11.8 Å². The van der Waals surface area contributed by atoms with Gasteiger partial charge in [0.05, 0.1) is 6.54 Å². The van der Waals surface area contributed by atoms with E-state index in [0.29, 0.717) is 13.1 Å². The Morgan fingerprint density at radius 1 is 1.15 bits per heavy atom. The summed E-state index contributed by atoms with van der Waals surface area (Å²) in [5, 5.41) is -0.617. The molecule has 1 aliphatic carbocycles. The Morgan fingerprint density at radius 2 is 1.85 bits per heavy atom. The van der Waals surface area contributed by atoms with Crippen LogP contribution >= 0.6 is 11.6 Å². The van der Waals surface area contributed by atoms with Crippen molar-refractivity contribution >= 4 is 23.4 Å². The molecule has 6 heteroatoms. The fourth-order valence-corrected chi connectivity index (χ4v) is 3.27. The highest BCUT2D eigenvalue weighted by Crippen LogP contribution is 2.28. The van der Waals surface area contributed by atoms with Gasteiger partial charge in [-0.05, 0) is 37.5 Å². The zero-order chi connectivity index (χ0) is 19.4. The molecular formula is C21H26ClN3O2. The van der Waals surface area contributed by atoms with E-state index < -0.39 is 5.38 Å². The first-order valence-corrected chi connectivity index (χ1v) is 9.76. The van der Waals surface area contributed by atoms with Crippen molar-refractivity contribution in [3.8, 4) is 0 Å². The van der Waals surface area contributed by atoms with Gasteiger partial charge in [0.25, 0.3) is 0 Å². The van der Waals surface area contributed by atoms with E-state index in [1.165, 1.54) is 0 Å². The molecule has 0 bridgehead atoms. The van der Waals surface area contributed by atoms with Gasteiger partial charge in [-0.2, -0.15) is 0 Å². The van der Waals surface area contributed by atoms with Crippen molar-refractivity contribution < 1.29 is 9.59 Å². The molecule has 1 aromatic carbocycles. The first-order valence-electron chi connectivity index (χ1n) is 9.32. The predicted molar refractivity (Wildman–Crippen MR) is 106 cm³/mol. The van der Waals surface area contributed by atoms with Crippen LogP contribution in [0, 0.1) is 0 Å². The molecule has 0 N–H and O–H groups in total. The third-order valence-corrected chi connectivity index (χ3v) is 5.08. The highest BCUT2D eigenvalue weighted by atomic mass is 35.5. The Morgan fingerprint density at radius 3 is 2.41 bits per heavy atom. The lowest BCUT2D eigenvalue weighted by atomic mass is 10.2. The van der Waals surface area contributed by atoms with Crippen molar-refractivity contribution in [2.45, 2.75) is 44.3 Å². The van der Waals surface area contributed by atoms with Crippen LogP contribution in [0.4, 0.5) is 0 Å². The van der Waals surface area contributed by atoms with E-state index in [2.05, 4.69) is 0 Å². The second-order valence-electron chi connectivity index (χ2n) is 7.16. The zero-order valence-electron chi connectivity index (χ0n) is 15.8. The Bertz CT molecular complexity index is 784. The molecule has 2 aromatic rings. The summed E-state index contributed by atoms with van der Waals surface area (Å²) in [5.74, 6) is -0.219. The van der Waals surface area contributed by atoms with Crippen LogP contribution in [0.2, 0.25) is 0 Å². The van der Waals surface area contributed by atoms with E-state index in [4.69, 9.17) is 11.6 Å². The molecule has 0 unspecified atom stereocenters. The Labute approximate surface area is 165 Å². The normalized spacial score (nSPS) is 14.6. The van der Waals surface area contributed by atoms with E-state index in [9.17, 15) is 9.59 Å². The van der Waals surface area contributed by atoms with Crippen LogP contribution in [0.15, 0.2) is 48.7 Å². The molecule has 1 fully saturated rings. The topological polar surface area (TPSA) is 45.6 Å². The fourth-order valence-electron chi connectivity index (χ4n) is 3.14. The Kier molecular flexibility index (Phi) is 6.22. The molecule has 0 spiro atoms. The second kappa shape index (κ2) is 8.61. The van der Waals surface area contributed by atoms with Crippen LogP contribution in [0.1, 0.15) is 31.0 Å². The minimum absolute atomic E-state index is 0.0578. The third kappa shape index (κ3) is 5.13. The second-order valence-corrected chi connectivity index (χ2v) is 7.81. The number of carbonyl (C=O) groups is 2. The Balaban J connectivity index is 1.77. The summed E-state index contributed by atoms with van der Waals surface area (Å²) in [7, 11) is 1.97. The van der Waals surface area contributed by atoms with Crippen LogP contribution in [-0.2, 0) is 29.7 Å². The molecule has 3 rings (SSSR count).